The average Bonchev–Trinajstić information content (AvgIpc) is 1.83. The van der Waals surface area contributed by atoms with Crippen molar-refractivity contribution in [3.8, 4) is 0 Å². The van der Waals surface area contributed by atoms with Gasteiger partial charge in [0.25, 0.3) is 5.91 Å². The molecular formula is C2H8Cl6N5O2P5. The van der Waals surface area contributed by atoms with Gasteiger partial charge in [-0.15, -0.1) is 0 Å². The van der Waals surface area contributed by atoms with Gasteiger partial charge in [-0.2, -0.15) is 23.3 Å². The largest absolute Gasteiger partial charge is 0.289 e. The summed E-state index contributed by atoms with van der Waals surface area (Å²) < 4.78 is 34.9. The van der Waals surface area contributed by atoms with Crippen LogP contribution >= 0.6 is 100 Å². The summed E-state index contributed by atoms with van der Waals surface area (Å²) in [7, 11) is 0. The maximum atomic E-state index is 11.6. The van der Waals surface area contributed by atoms with E-state index in [0.717, 1.165) is 0 Å². The molecule has 18 heteroatoms. The molecule has 1 rings (SSSR count). The summed E-state index contributed by atoms with van der Waals surface area (Å²) in [5.74, 6) is -3.30. The zero-order valence-electron chi connectivity index (χ0n) is 9.66. The number of hydrogen-bond donors (Lipinski definition) is 2. The van der Waals surface area contributed by atoms with Gasteiger partial charge in [-0.3, -0.25) is 9.13 Å². The van der Waals surface area contributed by atoms with Crippen LogP contribution in [0.2, 0.25) is 0 Å². The van der Waals surface area contributed by atoms with Crippen molar-refractivity contribution in [1.82, 2.24) is 9.72 Å². The van der Waals surface area contributed by atoms with Crippen molar-refractivity contribution in [1.29, 1.82) is 0 Å². The van der Waals surface area contributed by atoms with E-state index in [1.807, 2.05) is 0 Å². The summed E-state index contributed by atoms with van der Waals surface area (Å²) in [5, 5.41) is 0. The summed E-state index contributed by atoms with van der Waals surface area (Å²) in [6, 6.07) is 0. The van der Waals surface area contributed by atoms with Crippen molar-refractivity contribution < 1.29 is 9.13 Å². The third kappa shape index (κ3) is 7.59. The molecule has 1 aliphatic heterocycles. The third-order valence-corrected chi connectivity index (χ3v) is 19.3. The normalized spacial score (nSPS) is 38.6. The molecule has 0 saturated carbocycles. The lowest BCUT2D eigenvalue weighted by Gasteiger charge is -2.26. The molecule has 0 aromatic rings. The van der Waals surface area contributed by atoms with Crippen LogP contribution in [0.4, 0.5) is 0 Å². The van der Waals surface area contributed by atoms with Crippen LogP contribution in [0.25, 0.3) is 0 Å². The highest BCUT2D eigenvalue weighted by Gasteiger charge is 2.37. The molecule has 7 nitrogen and oxygen atoms in total. The first-order valence-electron chi connectivity index (χ1n) is 4.37. The Labute approximate surface area is 145 Å². The molecule has 20 heavy (non-hydrogen) atoms. The molecule has 0 saturated heterocycles. The smallest absolute Gasteiger partial charge is 0.257 e. The Kier molecular flexibility index (Phi) is 6.89. The fourth-order valence-corrected chi connectivity index (χ4v) is 25.5. The zero-order valence-corrected chi connectivity index (χ0v) is 18.7. The maximum Gasteiger partial charge on any atom is 0.257 e. The second-order valence-corrected chi connectivity index (χ2v) is 23.7. The Morgan fingerprint density at radius 1 is 0.800 bits per heavy atom. The lowest BCUT2D eigenvalue weighted by molar-refractivity contribution is 0.585. The lowest BCUT2D eigenvalue weighted by atomic mass is 12.0. The van der Waals surface area contributed by atoms with Gasteiger partial charge in [0.1, 0.15) is 0 Å². The first-order chi connectivity index (χ1) is 8.54. The third-order valence-electron chi connectivity index (χ3n) is 1.30. The highest BCUT2D eigenvalue weighted by atomic mass is 35.9. The summed E-state index contributed by atoms with van der Waals surface area (Å²) >= 11 is 35.3. The van der Waals surface area contributed by atoms with Crippen molar-refractivity contribution in [2.45, 2.75) is 0 Å². The molecule has 0 fully saturated rings. The summed E-state index contributed by atoms with van der Waals surface area (Å²) in [4.78, 5) is 4.73. The molecular weight excluding hydrogens is 494 g/mol. The molecule has 0 aliphatic carbocycles. The van der Waals surface area contributed by atoms with E-state index in [2.05, 4.69) is 23.3 Å². The molecule has 0 aromatic carbocycles. The van der Waals surface area contributed by atoms with E-state index in [1.165, 1.54) is 13.3 Å². The second-order valence-electron chi connectivity index (χ2n) is 3.61. The van der Waals surface area contributed by atoms with Gasteiger partial charge >= 0.3 is 0 Å². The van der Waals surface area contributed by atoms with Crippen molar-refractivity contribution in [2.24, 2.45) is 13.5 Å². The molecule has 0 unspecified atom stereocenters. The molecule has 0 spiro atoms. The number of nitrogens with one attached hydrogen (secondary N) is 2. The fraction of sp³-hybridized carbons (Fsp3) is 1.00. The highest BCUT2D eigenvalue weighted by Crippen LogP contribution is 2.85. The summed E-state index contributed by atoms with van der Waals surface area (Å²) in [6.45, 7) is -11.0. The molecule has 1 heterocycles. The van der Waals surface area contributed by atoms with Crippen LogP contribution in [-0.2, 0) is 9.13 Å². The molecule has 0 radical (unpaired) electrons. The van der Waals surface area contributed by atoms with Gasteiger partial charge in [0.05, 0.1) is 0 Å². The molecule has 0 bridgehead atoms. The van der Waals surface area contributed by atoms with Gasteiger partial charge in [0, 0.05) is 13.3 Å². The fourth-order valence-electron chi connectivity index (χ4n) is 1.03. The van der Waals surface area contributed by atoms with E-state index >= 15 is 0 Å². The van der Waals surface area contributed by atoms with Gasteiger partial charge in [0.2, 0.25) is 26.7 Å². The monoisotopic (exact) mass is 499 g/mol. The van der Waals surface area contributed by atoms with E-state index in [-0.39, 0.29) is 0 Å². The molecule has 0 amide bonds. The predicted octanol–water partition coefficient (Wildman–Crippen LogP) is 8.10. The SMILES string of the molecule is C[P@](=O)(Cl)N[P@@]1(Cl)=N[P@@](Cl)(N[P@](C)(=O)Cl)=NP(Cl)(Cl)=N1. The van der Waals surface area contributed by atoms with Gasteiger partial charge in [-0.05, 0) is 67.4 Å². The van der Waals surface area contributed by atoms with Crippen LogP contribution < -0.4 is 9.72 Å². The van der Waals surface area contributed by atoms with Gasteiger partial charge in [-0.1, -0.05) is 0 Å². The minimum Gasteiger partial charge on any atom is -0.289 e. The van der Waals surface area contributed by atoms with Crippen LogP contribution in [-0.4, -0.2) is 13.3 Å². The molecule has 4 atom stereocenters. The Morgan fingerprint density at radius 2 is 1.15 bits per heavy atom. The number of rotatable bonds is 4. The van der Waals surface area contributed by atoms with Crippen LogP contribution in [0.15, 0.2) is 13.5 Å². The lowest BCUT2D eigenvalue weighted by Crippen LogP contribution is -2.02. The van der Waals surface area contributed by atoms with E-state index in [0.29, 0.717) is 0 Å². The van der Waals surface area contributed by atoms with E-state index in [1.54, 1.807) is 0 Å². The Hall–Kier alpha value is 2.81. The minimum absolute atomic E-state index is 1.20. The highest BCUT2D eigenvalue weighted by molar-refractivity contribution is 8.19. The Morgan fingerprint density at radius 3 is 1.50 bits per heavy atom. The van der Waals surface area contributed by atoms with Gasteiger partial charge < -0.3 is 0 Å². The Bertz CT molecular complexity index is 640. The zero-order chi connectivity index (χ0) is 16.0. The summed E-state index contributed by atoms with van der Waals surface area (Å²) in [5.41, 5.74) is 0. The molecule has 2 N–H and O–H groups in total. The van der Waals surface area contributed by atoms with Crippen molar-refractivity contribution >= 4 is 100 Å². The first-order valence-corrected chi connectivity index (χ1v) is 19.2. The van der Waals surface area contributed by atoms with Crippen LogP contribution in [0.5, 0.6) is 0 Å². The topological polar surface area (TPSA) is 95.3 Å². The molecule has 0 aromatic heterocycles. The van der Waals surface area contributed by atoms with Crippen LogP contribution in [0.1, 0.15) is 0 Å². The van der Waals surface area contributed by atoms with E-state index in [9.17, 15) is 9.13 Å². The van der Waals surface area contributed by atoms with Gasteiger partial charge in [-0.25, -0.2) is 0 Å². The van der Waals surface area contributed by atoms with Crippen molar-refractivity contribution in [2.75, 3.05) is 13.3 Å². The second kappa shape index (κ2) is 6.61. The van der Waals surface area contributed by atoms with Crippen LogP contribution in [0.3, 0.4) is 0 Å². The summed E-state index contributed by atoms with van der Waals surface area (Å²) in [6.07, 6.45) is 0. The van der Waals surface area contributed by atoms with Crippen molar-refractivity contribution in [3.05, 3.63) is 0 Å². The van der Waals surface area contributed by atoms with Crippen molar-refractivity contribution in [3.63, 3.8) is 0 Å². The van der Waals surface area contributed by atoms with E-state index < -0.39 is 32.6 Å². The predicted molar refractivity (Wildman–Crippen MR) is 96.5 cm³/mol. The average molecular weight is 502 g/mol. The standard InChI is InChI=1S/C2H8Cl6N5O2P5/c1-16(3,14)9-19(7)11-18(5,6)12-20(8,13-19)10-17(2,4)15/h1-2H3,(H,9,14)(H,10,15)/t16-,17+,19+,20-. The number of halogens is 6. The molecule has 120 valence electrons. The van der Waals surface area contributed by atoms with Crippen LogP contribution in [0, 0.1) is 0 Å². The minimum atomic E-state index is -3.37. The first kappa shape index (κ1) is 20.9. The van der Waals surface area contributed by atoms with Gasteiger partial charge in [0.15, 0.2) is 0 Å². The quantitative estimate of drug-likeness (QED) is 0.380. The number of nitrogens with zero attached hydrogens (tertiary/aromatic N) is 3. The maximum absolute atomic E-state index is 11.6. The number of hydrogen-bond acceptors (Lipinski definition) is 5. The Balaban J connectivity index is 3.47. The van der Waals surface area contributed by atoms with E-state index in [4.69, 9.17) is 67.4 Å². The molecule has 1 aliphatic rings.